The molecule has 0 spiro atoms. The van der Waals surface area contributed by atoms with E-state index in [1.807, 2.05) is 44.4 Å². The average molecular weight is 405 g/mol. The van der Waals surface area contributed by atoms with Gasteiger partial charge in [-0.05, 0) is 38.1 Å². The number of hydrogen-bond donors (Lipinski definition) is 2. The first-order valence-corrected chi connectivity index (χ1v) is 10.2. The molecule has 7 heteroatoms. The lowest BCUT2D eigenvalue weighted by molar-refractivity contribution is 0.474. The molecule has 0 aliphatic carbocycles. The molecular weight excluding hydrogens is 381 g/mol. The van der Waals surface area contributed by atoms with Crippen molar-refractivity contribution in [3.63, 3.8) is 0 Å². The molecular formula is C23H24FN5O. The molecule has 154 valence electrons. The number of anilines is 1. The van der Waals surface area contributed by atoms with Gasteiger partial charge in [0.15, 0.2) is 5.82 Å². The number of phenolic OH excluding ortho intramolecular Hbond substituents is 1. The van der Waals surface area contributed by atoms with E-state index < -0.39 is 0 Å². The summed E-state index contributed by atoms with van der Waals surface area (Å²) < 4.78 is 16.8. The summed E-state index contributed by atoms with van der Waals surface area (Å²) in [5.41, 5.74) is 3.74. The van der Waals surface area contributed by atoms with Crippen molar-refractivity contribution in [2.24, 2.45) is 7.05 Å². The topological polar surface area (TPSA) is 66.2 Å². The van der Waals surface area contributed by atoms with Crippen LogP contribution in [0.2, 0.25) is 0 Å². The van der Waals surface area contributed by atoms with E-state index in [1.165, 1.54) is 0 Å². The summed E-state index contributed by atoms with van der Waals surface area (Å²) in [6.07, 6.45) is 1.90. The fraction of sp³-hybridized carbons (Fsp3) is 0.304. The van der Waals surface area contributed by atoms with E-state index in [0.29, 0.717) is 28.4 Å². The number of fused-ring (bicyclic) bond motifs is 2. The van der Waals surface area contributed by atoms with E-state index in [0.717, 1.165) is 41.6 Å². The number of nitrogens with zero attached hydrogens (tertiary/aromatic N) is 4. The predicted octanol–water partition coefficient (Wildman–Crippen LogP) is 3.74. The summed E-state index contributed by atoms with van der Waals surface area (Å²) in [4.78, 5) is 6.77. The molecule has 0 bridgehead atoms. The molecule has 1 saturated heterocycles. The van der Waals surface area contributed by atoms with E-state index in [-0.39, 0.29) is 11.6 Å². The highest BCUT2D eigenvalue weighted by Gasteiger charge is 2.19. The number of piperazine rings is 1. The number of hydrogen-bond acceptors (Lipinski definition) is 5. The Morgan fingerprint density at radius 1 is 1.17 bits per heavy atom. The number of benzene rings is 2. The fourth-order valence-electron chi connectivity index (χ4n) is 4.31. The zero-order chi connectivity index (χ0) is 21.0. The predicted molar refractivity (Wildman–Crippen MR) is 117 cm³/mol. The minimum Gasteiger partial charge on any atom is -0.507 e. The monoisotopic (exact) mass is 405 g/mol. The standard InChI is InChI=1S/C23H24FN5O/c1-13-11-29(7-6-25-13)17-8-15-4-5-20(26-22(15)19(24)10-17)18-9-16-12-28(3)27-21(16)14(2)23(18)30/h4-5,8-10,12-13,25,30H,6-7,11H2,1-3H3. The van der Waals surface area contributed by atoms with Crippen LogP contribution >= 0.6 is 0 Å². The molecule has 1 fully saturated rings. The highest BCUT2D eigenvalue weighted by molar-refractivity contribution is 5.92. The Labute approximate surface area is 173 Å². The van der Waals surface area contributed by atoms with Crippen molar-refractivity contribution in [3.05, 3.63) is 47.9 Å². The third-order valence-electron chi connectivity index (χ3n) is 5.86. The summed E-state index contributed by atoms with van der Waals surface area (Å²) in [7, 11) is 1.84. The molecule has 2 aromatic heterocycles. The van der Waals surface area contributed by atoms with Crippen molar-refractivity contribution in [3.8, 4) is 17.0 Å². The summed E-state index contributed by atoms with van der Waals surface area (Å²) in [5.74, 6) is -0.228. The number of nitrogens with one attached hydrogen (secondary N) is 1. The van der Waals surface area contributed by atoms with Gasteiger partial charge in [0.1, 0.15) is 11.3 Å². The highest BCUT2D eigenvalue weighted by Crippen LogP contribution is 2.37. The van der Waals surface area contributed by atoms with Gasteiger partial charge in [-0.1, -0.05) is 6.07 Å². The van der Waals surface area contributed by atoms with E-state index >= 15 is 4.39 Å². The van der Waals surface area contributed by atoms with Crippen molar-refractivity contribution < 1.29 is 9.50 Å². The Bertz CT molecular complexity index is 1280. The van der Waals surface area contributed by atoms with Crippen LogP contribution in [0.5, 0.6) is 5.75 Å². The van der Waals surface area contributed by atoms with Gasteiger partial charge in [0, 0.05) is 66.5 Å². The first kappa shape index (κ1) is 18.8. The van der Waals surface area contributed by atoms with Gasteiger partial charge in [0.05, 0.1) is 11.2 Å². The lowest BCUT2D eigenvalue weighted by Gasteiger charge is -2.33. The van der Waals surface area contributed by atoms with E-state index in [4.69, 9.17) is 0 Å². The van der Waals surface area contributed by atoms with Crippen LogP contribution in [0, 0.1) is 12.7 Å². The van der Waals surface area contributed by atoms with Crippen LogP contribution in [-0.4, -0.2) is 45.5 Å². The van der Waals surface area contributed by atoms with Gasteiger partial charge < -0.3 is 15.3 Å². The van der Waals surface area contributed by atoms with Crippen LogP contribution < -0.4 is 10.2 Å². The minimum absolute atomic E-state index is 0.125. The fourth-order valence-corrected chi connectivity index (χ4v) is 4.31. The maximum atomic E-state index is 15.1. The first-order valence-electron chi connectivity index (χ1n) is 10.2. The molecule has 1 aliphatic rings. The smallest absolute Gasteiger partial charge is 0.151 e. The van der Waals surface area contributed by atoms with Gasteiger partial charge in [0.2, 0.25) is 0 Å². The number of halogens is 1. The summed E-state index contributed by atoms with van der Waals surface area (Å²) >= 11 is 0. The second kappa shape index (κ2) is 6.95. The maximum Gasteiger partial charge on any atom is 0.151 e. The van der Waals surface area contributed by atoms with Gasteiger partial charge in [-0.15, -0.1) is 0 Å². The Balaban J connectivity index is 1.60. The zero-order valence-electron chi connectivity index (χ0n) is 17.3. The number of aromatic hydroxyl groups is 1. The number of rotatable bonds is 2. The molecule has 0 radical (unpaired) electrons. The van der Waals surface area contributed by atoms with E-state index in [1.54, 1.807) is 10.7 Å². The Hall–Kier alpha value is -3.19. The molecule has 30 heavy (non-hydrogen) atoms. The minimum atomic E-state index is -0.353. The molecule has 5 rings (SSSR count). The molecule has 1 aliphatic heterocycles. The zero-order valence-corrected chi connectivity index (χ0v) is 17.3. The Kier molecular flexibility index (Phi) is 4.36. The first-order chi connectivity index (χ1) is 14.4. The summed E-state index contributed by atoms with van der Waals surface area (Å²) in [6, 6.07) is 9.48. The quantitative estimate of drug-likeness (QED) is 0.532. The number of pyridine rings is 1. The largest absolute Gasteiger partial charge is 0.507 e. The molecule has 0 saturated carbocycles. The normalized spacial score (nSPS) is 17.2. The maximum absolute atomic E-state index is 15.1. The average Bonchev–Trinajstić information content (AvgIpc) is 3.11. The molecule has 4 aromatic rings. The van der Waals surface area contributed by atoms with Crippen LogP contribution in [0.25, 0.3) is 33.1 Å². The van der Waals surface area contributed by atoms with Crippen LogP contribution in [0.15, 0.2) is 36.5 Å². The van der Waals surface area contributed by atoms with Crippen molar-refractivity contribution in [2.45, 2.75) is 19.9 Å². The van der Waals surface area contributed by atoms with Crippen LogP contribution in [0.1, 0.15) is 12.5 Å². The molecule has 1 atom stereocenters. The van der Waals surface area contributed by atoms with Crippen molar-refractivity contribution >= 4 is 27.5 Å². The van der Waals surface area contributed by atoms with Crippen LogP contribution in [0.4, 0.5) is 10.1 Å². The Morgan fingerprint density at radius 2 is 2.00 bits per heavy atom. The number of aryl methyl sites for hydroxylation is 2. The van der Waals surface area contributed by atoms with Gasteiger partial charge in [-0.2, -0.15) is 5.10 Å². The molecule has 6 nitrogen and oxygen atoms in total. The van der Waals surface area contributed by atoms with Crippen molar-refractivity contribution in [2.75, 3.05) is 24.5 Å². The second-order valence-corrected chi connectivity index (χ2v) is 8.14. The molecule has 2 aromatic carbocycles. The lowest BCUT2D eigenvalue weighted by atomic mass is 10.0. The third kappa shape index (κ3) is 3.06. The molecule has 2 N–H and O–H groups in total. The van der Waals surface area contributed by atoms with Gasteiger partial charge in [0.25, 0.3) is 0 Å². The Morgan fingerprint density at radius 3 is 2.80 bits per heavy atom. The van der Waals surface area contributed by atoms with E-state index in [9.17, 15) is 5.11 Å². The SMILES string of the molecule is Cc1c(O)c(-c2ccc3cc(N4CCNC(C)C4)cc(F)c3n2)cc2cn(C)nc12. The molecule has 1 unspecified atom stereocenters. The lowest BCUT2D eigenvalue weighted by Crippen LogP contribution is -2.49. The van der Waals surface area contributed by atoms with Crippen LogP contribution in [-0.2, 0) is 7.05 Å². The second-order valence-electron chi connectivity index (χ2n) is 8.14. The van der Waals surface area contributed by atoms with Gasteiger partial charge in [-0.3, -0.25) is 4.68 Å². The number of aromatic nitrogens is 3. The van der Waals surface area contributed by atoms with Crippen LogP contribution in [0.3, 0.4) is 0 Å². The van der Waals surface area contributed by atoms with Crippen molar-refractivity contribution in [1.82, 2.24) is 20.1 Å². The molecule has 3 heterocycles. The summed E-state index contributed by atoms with van der Waals surface area (Å²) in [5, 5.41) is 20.2. The third-order valence-corrected chi connectivity index (χ3v) is 5.86. The highest BCUT2D eigenvalue weighted by atomic mass is 19.1. The molecule has 0 amide bonds. The van der Waals surface area contributed by atoms with Gasteiger partial charge >= 0.3 is 0 Å². The van der Waals surface area contributed by atoms with Crippen molar-refractivity contribution in [1.29, 1.82) is 0 Å². The van der Waals surface area contributed by atoms with E-state index in [2.05, 4.69) is 27.2 Å². The summed E-state index contributed by atoms with van der Waals surface area (Å²) in [6.45, 7) is 6.53. The van der Waals surface area contributed by atoms with Gasteiger partial charge in [-0.25, -0.2) is 9.37 Å². The number of phenols is 1.